The van der Waals surface area contributed by atoms with E-state index < -0.39 is 0 Å². The Labute approximate surface area is 190 Å². The number of aromatic nitrogens is 5. The molecule has 0 spiro atoms. The van der Waals surface area contributed by atoms with Gasteiger partial charge in [0.25, 0.3) is 0 Å². The van der Waals surface area contributed by atoms with Gasteiger partial charge in [-0.1, -0.05) is 42.8 Å². The highest BCUT2D eigenvalue weighted by molar-refractivity contribution is 5.16. The molecule has 168 valence electrons. The summed E-state index contributed by atoms with van der Waals surface area (Å²) in [5.41, 5.74) is 3.36. The lowest BCUT2D eigenvalue weighted by molar-refractivity contribution is 0.124. The summed E-state index contributed by atoms with van der Waals surface area (Å²) in [5.74, 6) is 0.939. The highest BCUT2D eigenvalue weighted by atomic mass is 15.5. The van der Waals surface area contributed by atoms with Gasteiger partial charge >= 0.3 is 0 Å². The van der Waals surface area contributed by atoms with Crippen LogP contribution in [0.2, 0.25) is 0 Å². The normalized spacial score (nSPS) is 19.4. The minimum Gasteiger partial charge on any atom is -0.299 e. The summed E-state index contributed by atoms with van der Waals surface area (Å²) in [7, 11) is 0. The number of hydrogen-bond acceptors (Lipinski definition) is 6. The van der Waals surface area contributed by atoms with E-state index in [4.69, 9.17) is 4.98 Å². The first kappa shape index (κ1) is 21.2. The Hall–Kier alpha value is -2.64. The zero-order chi connectivity index (χ0) is 21.8. The molecule has 32 heavy (non-hydrogen) atoms. The standard InChI is InChI=1S/C25H33N7/c1-20-8-5-11-22(26-20)18-24(31-15-7-14-30(16-17-31)23-12-6-13-23)25-27-28-29-32(25)19-21-9-3-2-4-10-21/h2-5,8-11,23-24H,6-7,12-19H2,1H3. The summed E-state index contributed by atoms with van der Waals surface area (Å²) >= 11 is 0. The van der Waals surface area contributed by atoms with Crippen LogP contribution in [0.15, 0.2) is 48.5 Å². The number of tetrazole rings is 1. The fourth-order valence-electron chi connectivity index (χ4n) is 5.00. The number of benzene rings is 1. The van der Waals surface area contributed by atoms with Gasteiger partial charge in [0.15, 0.2) is 5.82 Å². The lowest BCUT2D eigenvalue weighted by Gasteiger charge is -2.37. The number of pyridine rings is 1. The Morgan fingerprint density at radius 2 is 1.81 bits per heavy atom. The molecule has 1 aliphatic heterocycles. The number of hydrogen-bond donors (Lipinski definition) is 0. The van der Waals surface area contributed by atoms with Gasteiger partial charge in [0.1, 0.15) is 0 Å². The monoisotopic (exact) mass is 431 g/mol. The van der Waals surface area contributed by atoms with E-state index in [-0.39, 0.29) is 6.04 Å². The molecule has 2 aromatic heterocycles. The van der Waals surface area contributed by atoms with Crippen molar-refractivity contribution in [3.8, 4) is 0 Å². The summed E-state index contributed by atoms with van der Waals surface area (Å²) in [6.07, 6.45) is 6.13. The van der Waals surface area contributed by atoms with Gasteiger partial charge < -0.3 is 0 Å². The maximum atomic E-state index is 4.81. The number of rotatable bonds is 7. The van der Waals surface area contributed by atoms with Crippen molar-refractivity contribution in [3.63, 3.8) is 0 Å². The lowest BCUT2D eigenvalue weighted by Crippen LogP contribution is -2.42. The Balaban J connectivity index is 1.40. The van der Waals surface area contributed by atoms with E-state index in [1.54, 1.807) is 0 Å². The fourth-order valence-corrected chi connectivity index (χ4v) is 5.00. The first-order chi connectivity index (χ1) is 15.8. The van der Waals surface area contributed by atoms with E-state index in [1.807, 2.05) is 10.7 Å². The summed E-state index contributed by atoms with van der Waals surface area (Å²) in [6.45, 7) is 7.18. The van der Waals surface area contributed by atoms with Crippen LogP contribution in [0.4, 0.5) is 0 Å². The van der Waals surface area contributed by atoms with Gasteiger partial charge in [0.2, 0.25) is 0 Å². The molecule has 7 nitrogen and oxygen atoms in total. The summed E-state index contributed by atoms with van der Waals surface area (Å²) in [6, 6.07) is 17.6. The summed E-state index contributed by atoms with van der Waals surface area (Å²) in [5, 5.41) is 13.0. The van der Waals surface area contributed by atoms with E-state index in [2.05, 4.69) is 74.7 Å². The van der Waals surface area contributed by atoms with Crippen LogP contribution in [0.1, 0.15) is 54.5 Å². The Morgan fingerprint density at radius 3 is 2.59 bits per heavy atom. The molecule has 1 unspecified atom stereocenters. The predicted molar refractivity (Wildman–Crippen MR) is 124 cm³/mol. The third kappa shape index (κ3) is 4.89. The smallest absolute Gasteiger partial charge is 0.169 e. The Kier molecular flexibility index (Phi) is 6.55. The maximum Gasteiger partial charge on any atom is 0.169 e. The molecule has 1 aliphatic carbocycles. The molecule has 1 saturated carbocycles. The van der Waals surface area contributed by atoms with Crippen LogP contribution in [-0.4, -0.2) is 67.2 Å². The molecule has 0 radical (unpaired) electrons. The molecular formula is C25H33N7. The topological polar surface area (TPSA) is 63.0 Å². The molecule has 3 heterocycles. The van der Waals surface area contributed by atoms with Gasteiger partial charge in [-0.25, -0.2) is 4.68 Å². The molecule has 0 N–H and O–H groups in total. The quantitative estimate of drug-likeness (QED) is 0.572. The van der Waals surface area contributed by atoms with Crippen LogP contribution >= 0.6 is 0 Å². The Bertz CT molecular complexity index is 998. The summed E-state index contributed by atoms with van der Waals surface area (Å²) < 4.78 is 1.98. The molecule has 0 bridgehead atoms. The van der Waals surface area contributed by atoms with Crippen molar-refractivity contribution >= 4 is 0 Å². The minimum atomic E-state index is 0.115. The van der Waals surface area contributed by atoms with Crippen molar-refractivity contribution in [1.29, 1.82) is 0 Å². The van der Waals surface area contributed by atoms with Gasteiger partial charge in [-0.2, -0.15) is 0 Å². The molecule has 2 fully saturated rings. The van der Waals surface area contributed by atoms with Crippen molar-refractivity contribution in [2.24, 2.45) is 0 Å². The largest absolute Gasteiger partial charge is 0.299 e. The zero-order valence-electron chi connectivity index (χ0n) is 19.0. The number of nitrogens with zero attached hydrogens (tertiary/aromatic N) is 7. The average Bonchev–Trinajstić information content (AvgIpc) is 3.08. The van der Waals surface area contributed by atoms with Gasteiger partial charge in [0.05, 0.1) is 12.6 Å². The SMILES string of the molecule is Cc1cccc(CC(c2nnnn2Cc2ccccc2)N2CCCN(C3CCC3)CC2)n1. The molecule has 7 heteroatoms. The van der Waals surface area contributed by atoms with Crippen LogP contribution in [0.3, 0.4) is 0 Å². The second-order valence-electron chi connectivity index (χ2n) is 9.18. The summed E-state index contributed by atoms with van der Waals surface area (Å²) in [4.78, 5) is 10.1. The lowest BCUT2D eigenvalue weighted by atomic mass is 9.91. The molecule has 0 amide bonds. The van der Waals surface area contributed by atoms with Crippen LogP contribution in [0.5, 0.6) is 0 Å². The maximum absolute atomic E-state index is 4.81. The first-order valence-electron chi connectivity index (χ1n) is 12.0. The predicted octanol–water partition coefficient (Wildman–Crippen LogP) is 3.27. The second-order valence-corrected chi connectivity index (χ2v) is 9.18. The first-order valence-corrected chi connectivity index (χ1v) is 12.0. The van der Waals surface area contributed by atoms with E-state index in [0.29, 0.717) is 6.54 Å². The highest BCUT2D eigenvalue weighted by Crippen LogP contribution is 2.29. The minimum absolute atomic E-state index is 0.115. The van der Waals surface area contributed by atoms with Crippen LogP contribution < -0.4 is 0 Å². The third-order valence-electron chi connectivity index (χ3n) is 6.98. The van der Waals surface area contributed by atoms with Gasteiger partial charge in [0, 0.05) is 43.5 Å². The zero-order valence-corrected chi connectivity index (χ0v) is 19.0. The van der Waals surface area contributed by atoms with Gasteiger partial charge in [-0.05, 0) is 60.9 Å². The average molecular weight is 432 g/mol. The number of aryl methyl sites for hydroxylation is 1. The van der Waals surface area contributed by atoms with Crippen molar-refractivity contribution in [2.45, 2.75) is 57.7 Å². The van der Waals surface area contributed by atoms with E-state index in [0.717, 1.165) is 49.3 Å². The van der Waals surface area contributed by atoms with Crippen LogP contribution in [-0.2, 0) is 13.0 Å². The van der Waals surface area contributed by atoms with Crippen molar-refractivity contribution < 1.29 is 0 Å². The van der Waals surface area contributed by atoms with Crippen LogP contribution in [0.25, 0.3) is 0 Å². The third-order valence-corrected chi connectivity index (χ3v) is 6.98. The van der Waals surface area contributed by atoms with Gasteiger partial charge in [-0.3, -0.25) is 14.8 Å². The van der Waals surface area contributed by atoms with E-state index in [9.17, 15) is 0 Å². The van der Waals surface area contributed by atoms with Crippen molar-refractivity contribution in [1.82, 2.24) is 35.0 Å². The molecule has 1 saturated heterocycles. The second kappa shape index (κ2) is 9.88. The molecule has 2 aliphatic rings. The van der Waals surface area contributed by atoms with E-state index in [1.165, 1.54) is 37.8 Å². The van der Waals surface area contributed by atoms with Crippen molar-refractivity contribution in [3.05, 3.63) is 71.3 Å². The van der Waals surface area contributed by atoms with E-state index >= 15 is 0 Å². The fraction of sp³-hybridized carbons (Fsp3) is 0.520. The Morgan fingerprint density at radius 1 is 0.938 bits per heavy atom. The molecule has 1 atom stereocenters. The molecule has 3 aromatic rings. The molecular weight excluding hydrogens is 398 g/mol. The van der Waals surface area contributed by atoms with Crippen molar-refractivity contribution in [2.75, 3.05) is 26.2 Å². The highest BCUT2D eigenvalue weighted by Gasteiger charge is 2.31. The van der Waals surface area contributed by atoms with Crippen LogP contribution in [0, 0.1) is 6.92 Å². The molecule has 5 rings (SSSR count). The molecule has 1 aromatic carbocycles. The van der Waals surface area contributed by atoms with Gasteiger partial charge in [-0.15, -0.1) is 5.10 Å².